The van der Waals surface area contributed by atoms with Crippen LogP contribution in [0.4, 0.5) is 4.39 Å². The van der Waals surface area contributed by atoms with Crippen LogP contribution in [0.15, 0.2) is 33.8 Å². The van der Waals surface area contributed by atoms with Gasteiger partial charge in [-0.05, 0) is 12.1 Å². The lowest BCUT2D eigenvalue weighted by Gasteiger charge is -2.00. The van der Waals surface area contributed by atoms with Gasteiger partial charge >= 0.3 is 0 Å². The molecule has 14 heavy (non-hydrogen) atoms. The highest BCUT2D eigenvalue weighted by atomic mass is 32.1. The van der Waals surface area contributed by atoms with Crippen molar-refractivity contribution in [1.82, 2.24) is 4.98 Å². The van der Waals surface area contributed by atoms with Crippen LogP contribution in [0.1, 0.15) is 5.89 Å². The highest BCUT2D eigenvalue weighted by Gasteiger charge is 2.10. The molecular weight excluding hydrogens is 201 g/mol. The molecule has 0 aliphatic rings. The van der Waals surface area contributed by atoms with Gasteiger partial charge in [-0.1, -0.05) is 6.07 Å². The normalized spacial score (nSPS) is 10.5. The second-order valence-electron chi connectivity index (χ2n) is 2.89. The molecule has 2 aromatic rings. The summed E-state index contributed by atoms with van der Waals surface area (Å²) in [5.74, 6) is 0.146. The molecule has 0 saturated carbocycles. The summed E-state index contributed by atoms with van der Waals surface area (Å²) in [6, 6.07) is 4.96. The standard InChI is InChI=1S/C10H8FNOS/c1-6-12-8(5-13-6)7-3-2-4-9(14)10(7)11/h2-5,14H,1H3. The quantitative estimate of drug-likeness (QED) is 0.730. The maximum atomic E-state index is 13.5. The van der Waals surface area contributed by atoms with Crippen LogP contribution < -0.4 is 0 Å². The average molecular weight is 209 g/mol. The number of halogens is 1. The zero-order valence-corrected chi connectivity index (χ0v) is 8.38. The number of rotatable bonds is 1. The average Bonchev–Trinajstić information content (AvgIpc) is 2.57. The van der Waals surface area contributed by atoms with Gasteiger partial charge in [-0.25, -0.2) is 9.37 Å². The van der Waals surface area contributed by atoms with Crippen LogP contribution in [0.5, 0.6) is 0 Å². The Balaban J connectivity index is 2.57. The van der Waals surface area contributed by atoms with E-state index in [2.05, 4.69) is 17.6 Å². The molecule has 1 heterocycles. The molecular formula is C10H8FNOS. The first-order valence-corrected chi connectivity index (χ1v) is 4.53. The van der Waals surface area contributed by atoms with Crippen LogP contribution >= 0.6 is 12.6 Å². The number of aromatic nitrogens is 1. The van der Waals surface area contributed by atoms with Gasteiger partial charge in [0.25, 0.3) is 0 Å². The Bertz CT molecular complexity index is 467. The summed E-state index contributed by atoms with van der Waals surface area (Å²) in [7, 11) is 0. The predicted octanol–water partition coefficient (Wildman–Crippen LogP) is 3.08. The van der Waals surface area contributed by atoms with Crippen molar-refractivity contribution in [1.29, 1.82) is 0 Å². The molecule has 0 amide bonds. The molecule has 0 atom stereocenters. The molecule has 2 rings (SSSR count). The fourth-order valence-electron chi connectivity index (χ4n) is 1.20. The van der Waals surface area contributed by atoms with Gasteiger partial charge in [-0.15, -0.1) is 12.6 Å². The van der Waals surface area contributed by atoms with Crippen molar-refractivity contribution in [3.63, 3.8) is 0 Å². The third kappa shape index (κ3) is 1.53. The summed E-state index contributed by atoms with van der Waals surface area (Å²) in [6.07, 6.45) is 1.43. The highest BCUT2D eigenvalue weighted by molar-refractivity contribution is 7.80. The van der Waals surface area contributed by atoms with Gasteiger partial charge in [0.05, 0.1) is 0 Å². The van der Waals surface area contributed by atoms with E-state index in [4.69, 9.17) is 4.42 Å². The second-order valence-corrected chi connectivity index (χ2v) is 3.37. The molecule has 2 nitrogen and oxygen atoms in total. The molecule has 0 aliphatic heterocycles. The van der Waals surface area contributed by atoms with Crippen molar-refractivity contribution < 1.29 is 8.81 Å². The van der Waals surface area contributed by atoms with E-state index in [9.17, 15) is 4.39 Å². The predicted molar refractivity (Wildman–Crippen MR) is 53.9 cm³/mol. The maximum absolute atomic E-state index is 13.5. The van der Waals surface area contributed by atoms with Crippen molar-refractivity contribution in [2.75, 3.05) is 0 Å². The Morgan fingerprint density at radius 1 is 1.43 bits per heavy atom. The van der Waals surface area contributed by atoms with Crippen LogP contribution in [0, 0.1) is 12.7 Å². The molecule has 0 radical (unpaired) electrons. The van der Waals surface area contributed by atoms with Crippen LogP contribution in [0.3, 0.4) is 0 Å². The largest absolute Gasteiger partial charge is 0.449 e. The first kappa shape index (κ1) is 9.27. The van der Waals surface area contributed by atoms with Gasteiger partial charge in [-0.2, -0.15) is 0 Å². The summed E-state index contributed by atoms with van der Waals surface area (Å²) in [5.41, 5.74) is 0.908. The zero-order valence-electron chi connectivity index (χ0n) is 7.49. The first-order chi connectivity index (χ1) is 6.68. The number of benzene rings is 1. The summed E-state index contributed by atoms with van der Waals surface area (Å²) >= 11 is 3.99. The highest BCUT2D eigenvalue weighted by Crippen LogP contribution is 2.25. The van der Waals surface area contributed by atoms with E-state index in [0.717, 1.165) is 0 Å². The van der Waals surface area contributed by atoms with Crippen LogP contribution in [-0.2, 0) is 0 Å². The number of nitrogens with zero attached hydrogens (tertiary/aromatic N) is 1. The minimum atomic E-state index is -0.371. The van der Waals surface area contributed by atoms with E-state index < -0.39 is 0 Å². The lowest BCUT2D eigenvalue weighted by molar-refractivity contribution is 0.521. The maximum Gasteiger partial charge on any atom is 0.191 e. The van der Waals surface area contributed by atoms with E-state index in [-0.39, 0.29) is 5.82 Å². The van der Waals surface area contributed by atoms with E-state index in [1.54, 1.807) is 25.1 Å². The fraction of sp³-hybridized carbons (Fsp3) is 0.100. The molecule has 72 valence electrons. The summed E-state index contributed by atoms with van der Waals surface area (Å²) in [5, 5.41) is 0. The van der Waals surface area contributed by atoms with Gasteiger partial charge in [0.15, 0.2) is 5.89 Å². The molecule has 0 bridgehead atoms. The Hall–Kier alpha value is -1.29. The first-order valence-electron chi connectivity index (χ1n) is 4.08. The van der Waals surface area contributed by atoms with Crippen LogP contribution in [-0.4, -0.2) is 4.98 Å². The van der Waals surface area contributed by atoms with Crippen molar-refractivity contribution in [3.05, 3.63) is 36.2 Å². The van der Waals surface area contributed by atoms with Gasteiger partial charge < -0.3 is 4.42 Å². The molecule has 0 aliphatic carbocycles. The Kier molecular flexibility index (Phi) is 2.29. The van der Waals surface area contributed by atoms with Gasteiger partial charge in [0.1, 0.15) is 17.8 Å². The number of hydrogen-bond donors (Lipinski definition) is 1. The minimum absolute atomic E-state index is 0.308. The van der Waals surface area contributed by atoms with Gasteiger partial charge in [0.2, 0.25) is 0 Å². The second kappa shape index (κ2) is 3.46. The molecule has 0 spiro atoms. The molecule has 0 N–H and O–H groups in total. The summed E-state index contributed by atoms with van der Waals surface area (Å²) < 4.78 is 18.5. The number of aryl methyl sites for hydroxylation is 1. The summed E-state index contributed by atoms with van der Waals surface area (Å²) in [4.78, 5) is 4.35. The third-order valence-corrected chi connectivity index (χ3v) is 2.22. The van der Waals surface area contributed by atoms with Crippen molar-refractivity contribution in [2.45, 2.75) is 11.8 Å². The Labute approximate surface area is 86.2 Å². The van der Waals surface area contributed by atoms with Gasteiger partial charge in [0, 0.05) is 17.4 Å². The fourth-order valence-corrected chi connectivity index (χ4v) is 1.41. The van der Waals surface area contributed by atoms with Crippen LogP contribution in [0.25, 0.3) is 11.3 Å². The topological polar surface area (TPSA) is 26.0 Å². The molecule has 1 aromatic carbocycles. The van der Waals surface area contributed by atoms with Crippen molar-refractivity contribution >= 4 is 12.6 Å². The Morgan fingerprint density at radius 2 is 2.21 bits per heavy atom. The Morgan fingerprint density at radius 3 is 2.86 bits per heavy atom. The number of thiol groups is 1. The zero-order chi connectivity index (χ0) is 10.1. The molecule has 0 saturated heterocycles. The van der Waals surface area contributed by atoms with E-state index >= 15 is 0 Å². The molecule has 4 heteroatoms. The lowest BCUT2D eigenvalue weighted by Crippen LogP contribution is -1.86. The van der Waals surface area contributed by atoms with Crippen molar-refractivity contribution in [2.24, 2.45) is 0 Å². The number of oxazole rings is 1. The smallest absolute Gasteiger partial charge is 0.191 e. The van der Waals surface area contributed by atoms with Crippen molar-refractivity contribution in [3.8, 4) is 11.3 Å². The number of hydrogen-bond acceptors (Lipinski definition) is 3. The van der Waals surface area contributed by atoms with E-state index in [0.29, 0.717) is 22.0 Å². The minimum Gasteiger partial charge on any atom is -0.449 e. The third-order valence-electron chi connectivity index (χ3n) is 1.87. The van der Waals surface area contributed by atoms with E-state index in [1.807, 2.05) is 0 Å². The monoisotopic (exact) mass is 209 g/mol. The molecule has 0 fully saturated rings. The summed E-state index contributed by atoms with van der Waals surface area (Å²) in [6.45, 7) is 1.71. The van der Waals surface area contributed by atoms with Gasteiger partial charge in [-0.3, -0.25) is 0 Å². The SMILES string of the molecule is Cc1nc(-c2cccc(S)c2F)co1. The molecule has 1 aromatic heterocycles. The van der Waals surface area contributed by atoms with Crippen LogP contribution in [0.2, 0.25) is 0 Å². The van der Waals surface area contributed by atoms with E-state index in [1.165, 1.54) is 6.26 Å². The molecule has 0 unspecified atom stereocenters. The lowest BCUT2D eigenvalue weighted by atomic mass is 10.1.